The van der Waals surface area contributed by atoms with Crippen molar-refractivity contribution in [2.45, 2.75) is 17.7 Å². The van der Waals surface area contributed by atoms with E-state index in [2.05, 4.69) is 16.0 Å². The number of imide groups is 1. The fourth-order valence-corrected chi connectivity index (χ4v) is 5.32. The number of nitro groups is 1. The SMILES string of the molecule is COc1ccc(C2NC(SCC(=O)Nc3ccc([N+](=O)[O-])cc3)C3C(=O)N(C)C(=O)N(C)C3N2)cc1. The van der Waals surface area contributed by atoms with Crippen LogP contribution in [0.4, 0.5) is 16.2 Å². The number of non-ortho nitro benzene ring substituents is 1. The number of ether oxygens (including phenoxy) is 1. The van der Waals surface area contributed by atoms with Crippen LogP contribution in [-0.2, 0) is 9.59 Å². The number of thioether (sulfide) groups is 1. The molecule has 0 radical (unpaired) electrons. The number of anilines is 1. The lowest BCUT2D eigenvalue weighted by molar-refractivity contribution is -0.384. The standard InChI is InChI=1S/C23H26N6O6S/c1-27-20-18(22(31)28(2)23(27)32)21(26-19(25-20)13-4-10-16(35-3)11-5-13)36-12-17(30)24-14-6-8-15(9-7-14)29(33)34/h4-11,18-21,25-26H,12H2,1-3H3,(H,24,30). The van der Waals surface area contributed by atoms with E-state index in [0.717, 1.165) is 10.5 Å². The van der Waals surface area contributed by atoms with Gasteiger partial charge in [-0.25, -0.2) is 4.79 Å². The first-order chi connectivity index (χ1) is 17.2. The molecule has 2 aliphatic heterocycles. The Morgan fingerprint density at radius 3 is 2.39 bits per heavy atom. The van der Waals surface area contributed by atoms with Gasteiger partial charge < -0.3 is 15.0 Å². The molecule has 2 aliphatic rings. The summed E-state index contributed by atoms with van der Waals surface area (Å²) in [5.74, 6) is -0.591. The Morgan fingerprint density at radius 1 is 1.11 bits per heavy atom. The molecule has 4 atom stereocenters. The molecule has 0 aromatic heterocycles. The molecule has 2 heterocycles. The number of benzene rings is 2. The number of hydrogen-bond acceptors (Lipinski definition) is 9. The summed E-state index contributed by atoms with van der Waals surface area (Å²) in [5, 5.41) is 19.8. The van der Waals surface area contributed by atoms with Crippen LogP contribution in [-0.4, -0.2) is 71.1 Å². The molecule has 4 unspecified atom stereocenters. The maximum Gasteiger partial charge on any atom is 0.327 e. The number of urea groups is 1. The first kappa shape index (κ1) is 25.4. The second kappa shape index (κ2) is 10.5. The van der Waals surface area contributed by atoms with Crippen LogP contribution in [0, 0.1) is 16.0 Å². The number of nitro benzene ring substituents is 1. The highest BCUT2D eigenvalue weighted by molar-refractivity contribution is 8.00. The molecule has 36 heavy (non-hydrogen) atoms. The monoisotopic (exact) mass is 514 g/mol. The van der Waals surface area contributed by atoms with Gasteiger partial charge >= 0.3 is 6.03 Å². The summed E-state index contributed by atoms with van der Waals surface area (Å²) >= 11 is 1.25. The topological polar surface area (TPSA) is 146 Å². The molecule has 0 aliphatic carbocycles. The van der Waals surface area contributed by atoms with Gasteiger partial charge in [0.05, 0.1) is 41.4 Å². The maximum absolute atomic E-state index is 13.1. The first-order valence-electron chi connectivity index (χ1n) is 11.1. The van der Waals surface area contributed by atoms with Gasteiger partial charge in [0, 0.05) is 31.9 Å². The van der Waals surface area contributed by atoms with Gasteiger partial charge in [0.2, 0.25) is 11.8 Å². The molecule has 2 fully saturated rings. The van der Waals surface area contributed by atoms with Crippen LogP contribution in [0.3, 0.4) is 0 Å². The van der Waals surface area contributed by atoms with E-state index in [9.17, 15) is 24.5 Å². The third kappa shape index (κ3) is 5.12. The molecule has 2 aromatic rings. The Morgan fingerprint density at radius 2 is 1.78 bits per heavy atom. The first-order valence-corrected chi connectivity index (χ1v) is 12.1. The van der Waals surface area contributed by atoms with Crippen LogP contribution in [0.25, 0.3) is 0 Å². The van der Waals surface area contributed by atoms with Crippen LogP contribution in [0.5, 0.6) is 5.75 Å². The van der Waals surface area contributed by atoms with Gasteiger partial charge in [-0.15, -0.1) is 11.8 Å². The molecule has 4 amide bonds. The lowest BCUT2D eigenvalue weighted by Crippen LogP contribution is -2.72. The van der Waals surface area contributed by atoms with Crippen molar-refractivity contribution in [3.63, 3.8) is 0 Å². The molecule has 0 saturated carbocycles. The zero-order valence-electron chi connectivity index (χ0n) is 19.8. The minimum absolute atomic E-state index is 0.0157. The normalized spacial score (nSPS) is 23.8. The fraction of sp³-hybridized carbons (Fsp3) is 0.348. The zero-order valence-corrected chi connectivity index (χ0v) is 20.7. The van der Waals surface area contributed by atoms with Crippen molar-refractivity contribution in [1.82, 2.24) is 20.4 Å². The van der Waals surface area contributed by atoms with E-state index in [1.807, 2.05) is 24.3 Å². The van der Waals surface area contributed by atoms with Crippen molar-refractivity contribution in [3.8, 4) is 5.75 Å². The number of nitrogens with zero attached hydrogens (tertiary/aromatic N) is 3. The van der Waals surface area contributed by atoms with Crippen LogP contribution in [0.2, 0.25) is 0 Å². The van der Waals surface area contributed by atoms with Gasteiger partial charge in [0.15, 0.2) is 0 Å². The number of methoxy groups -OCH3 is 1. The van der Waals surface area contributed by atoms with Crippen LogP contribution >= 0.6 is 11.8 Å². The van der Waals surface area contributed by atoms with Gasteiger partial charge in [-0.2, -0.15) is 0 Å². The van der Waals surface area contributed by atoms with Crippen LogP contribution in [0.1, 0.15) is 11.7 Å². The van der Waals surface area contributed by atoms with Gasteiger partial charge in [-0.3, -0.25) is 35.2 Å². The van der Waals surface area contributed by atoms with Crippen molar-refractivity contribution in [2.24, 2.45) is 5.92 Å². The maximum atomic E-state index is 13.1. The van der Waals surface area contributed by atoms with Gasteiger partial charge in [-0.1, -0.05) is 12.1 Å². The molecule has 2 saturated heterocycles. The minimum atomic E-state index is -0.635. The van der Waals surface area contributed by atoms with Gasteiger partial charge in [0.25, 0.3) is 5.69 Å². The molecule has 0 spiro atoms. The number of amides is 4. The van der Waals surface area contributed by atoms with Crippen molar-refractivity contribution in [1.29, 1.82) is 0 Å². The van der Waals surface area contributed by atoms with E-state index in [1.54, 1.807) is 14.2 Å². The molecular weight excluding hydrogens is 488 g/mol. The lowest BCUT2D eigenvalue weighted by atomic mass is 9.96. The Bertz CT molecular complexity index is 1160. The predicted octanol–water partition coefficient (Wildman–Crippen LogP) is 1.96. The van der Waals surface area contributed by atoms with Crippen molar-refractivity contribution in [3.05, 3.63) is 64.2 Å². The Hall–Kier alpha value is -3.68. The molecule has 13 heteroatoms. The molecule has 2 aromatic carbocycles. The average molecular weight is 515 g/mol. The minimum Gasteiger partial charge on any atom is -0.497 e. The van der Waals surface area contributed by atoms with Crippen molar-refractivity contribution >= 4 is 41.0 Å². The Balaban J connectivity index is 1.50. The summed E-state index contributed by atoms with van der Waals surface area (Å²) < 4.78 is 5.23. The highest BCUT2D eigenvalue weighted by Crippen LogP contribution is 2.34. The fourth-order valence-electron chi connectivity index (χ4n) is 4.22. The molecular formula is C23H26N6O6S. The van der Waals surface area contributed by atoms with Crippen LogP contribution < -0.4 is 20.7 Å². The largest absolute Gasteiger partial charge is 0.497 e. The molecule has 12 nitrogen and oxygen atoms in total. The lowest BCUT2D eigenvalue weighted by Gasteiger charge is -2.50. The summed E-state index contributed by atoms with van der Waals surface area (Å²) in [6.45, 7) is 0. The highest BCUT2D eigenvalue weighted by Gasteiger charge is 2.51. The van der Waals surface area contributed by atoms with E-state index in [0.29, 0.717) is 11.4 Å². The number of hydrogen-bond donors (Lipinski definition) is 3. The third-order valence-electron chi connectivity index (χ3n) is 6.16. The van der Waals surface area contributed by atoms with E-state index >= 15 is 0 Å². The smallest absolute Gasteiger partial charge is 0.327 e. The van der Waals surface area contributed by atoms with Crippen LogP contribution in [0.15, 0.2) is 48.5 Å². The zero-order chi connectivity index (χ0) is 26.0. The predicted molar refractivity (Wildman–Crippen MR) is 133 cm³/mol. The Labute approximate surface area is 211 Å². The summed E-state index contributed by atoms with van der Waals surface area (Å²) in [4.78, 5) is 51.2. The van der Waals surface area contributed by atoms with Crippen molar-refractivity contribution < 1.29 is 24.0 Å². The summed E-state index contributed by atoms with van der Waals surface area (Å²) in [5.41, 5.74) is 1.23. The quantitative estimate of drug-likeness (QED) is 0.373. The number of nitrogens with one attached hydrogen (secondary N) is 3. The molecule has 0 bridgehead atoms. The molecule has 190 valence electrons. The second-order valence-corrected chi connectivity index (χ2v) is 9.51. The molecule has 3 N–H and O–H groups in total. The number of carbonyl (C=O) groups excluding carboxylic acids is 3. The van der Waals surface area contributed by atoms with Gasteiger partial charge in [-0.05, 0) is 29.8 Å². The van der Waals surface area contributed by atoms with Crippen molar-refractivity contribution in [2.75, 3.05) is 32.3 Å². The summed E-state index contributed by atoms with van der Waals surface area (Å²) in [7, 11) is 4.65. The third-order valence-corrected chi connectivity index (χ3v) is 7.38. The number of rotatable bonds is 7. The summed E-state index contributed by atoms with van der Waals surface area (Å²) in [6, 6.07) is 12.5. The summed E-state index contributed by atoms with van der Waals surface area (Å²) in [6.07, 6.45) is -0.969. The average Bonchev–Trinajstić information content (AvgIpc) is 2.89. The van der Waals surface area contributed by atoms with E-state index < -0.39 is 28.4 Å². The number of carbonyl (C=O) groups is 3. The van der Waals surface area contributed by atoms with E-state index in [-0.39, 0.29) is 29.4 Å². The number of fused-ring (bicyclic) bond motifs is 1. The van der Waals surface area contributed by atoms with E-state index in [1.165, 1.54) is 48.0 Å². The van der Waals surface area contributed by atoms with E-state index in [4.69, 9.17) is 4.74 Å². The second-order valence-electron chi connectivity index (χ2n) is 8.38. The highest BCUT2D eigenvalue weighted by atomic mass is 32.2. The Kier molecular flexibility index (Phi) is 7.43. The molecule has 4 rings (SSSR count). The van der Waals surface area contributed by atoms with Gasteiger partial charge in [0.1, 0.15) is 5.75 Å².